The molecule has 19 heavy (non-hydrogen) atoms. The third-order valence-electron chi connectivity index (χ3n) is 3.34. The summed E-state index contributed by atoms with van der Waals surface area (Å²) < 4.78 is 0. The van der Waals surface area contributed by atoms with Crippen LogP contribution in [0.25, 0.3) is 0 Å². The first-order chi connectivity index (χ1) is 8.91. The standard InChI is InChI=1S/C12H23N3O2.C2H6/c1-10(16)14(4)9-11-5-7-15(8-6-11)12(17)13(2)3;1-2/h11H,5-9H2,1-4H3;1-2H3. The minimum Gasteiger partial charge on any atom is -0.346 e. The molecule has 0 aromatic rings. The Hall–Kier alpha value is -1.26. The number of hydrogen-bond acceptors (Lipinski definition) is 2. The number of urea groups is 1. The lowest BCUT2D eigenvalue weighted by molar-refractivity contribution is -0.128. The summed E-state index contributed by atoms with van der Waals surface area (Å²) in [5.41, 5.74) is 0. The molecule has 1 aliphatic rings. The Labute approximate surface area is 117 Å². The van der Waals surface area contributed by atoms with Crippen LogP contribution < -0.4 is 0 Å². The zero-order chi connectivity index (χ0) is 15.0. The number of carbonyl (C=O) groups is 2. The zero-order valence-electron chi connectivity index (χ0n) is 13.3. The Kier molecular flexibility index (Phi) is 8.19. The highest BCUT2D eigenvalue weighted by molar-refractivity contribution is 5.74. The molecule has 3 amide bonds. The van der Waals surface area contributed by atoms with Crippen LogP contribution in [0.5, 0.6) is 0 Å². The zero-order valence-corrected chi connectivity index (χ0v) is 13.3. The van der Waals surface area contributed by atoms with Crippen molar-refractivity contribution in [2.75, 3.05) is 40.8 Å². The lowest BCUT2D eigenvalue weighted by Gasteiger charge is -2.35. The highest BCUT2D eigenvalue weighted by Gasteiger charge is 2.24. The molecule has 0 aromatic heterocycles. The number of amides is 3. The molecule has 0 aliphatic carbocycles. The quantitative estimate of drug-likeness (QED) is 0.770. The van der Waals surface area contributed by atoms with Gasteiger partial charge in [0.15, 0.2) is 0 Å². The second-order valence-electron chi connectivity index (χ2n) is 5.01. The molecule has 112 valence electrons. The summed E-state index contributed by atoms with van der Waals surface area (Å²) in [6.45, 7) is 7.99. The molecule has 0 N–H and O–H groups in total. The number of hydrogen-bond donors (Lipinski definition) is 0. The Bertz CT molecular complexity index is 284. The van der Waals surface area contributed by atoms with Crippen molar-refractivity contribution in [2.24, 2.45) is 5.92 Å². The first-order valence-corrected chi connectivity index (χ1v) is 7.09. The van der Waals surface area contributed by atoms with Crippen LogP contribution >= 0.6 is 0 Å². The molecule has 1 heterocycles. The Morgan fingerprint density at radius 1 is 1.11 bits per heavy atom. The van der Waals surface area contributed by atoms with Crippen LogP contribution in [-0.2, 0) is 4.79 Å². The predicted octanol–water partition coefficient (Wildman–Crippen LogP) is 1.88. The monoisotopic (exact) mass is 271 g/mol. The van der Waals surface area contributed by atoms with E-state index < -0.39 is 0 Å². The van der Waals surface area contributed by atoms with Gasteiger partial charge in [-0.2, -0.15) is 0 Å². The molecule has 0 unspecified atom stereocenters. The lowest BCUT2D eigenvalue weighted by Crippen LogP contribution is -2.45. The van der Waals surface area contributed by atoms with Crippen molar-refractivity contribution in [3.8, 4) is 0 Å². The fraction of sp³-hybridized carbons (Fsp3) is 0.857. The van der Waals surface area contributed by atoms with Gasteiger partial charge in [0.05, 0.1) is 0 Å². The van der Waals surface area contributed by atoms with E-state index >= 15 is 0 Å². The average Bonchev–Trinajstić information content (AvgIpc) is 2.40. The van der Waals surface area contributed by atoms with E-state index in [0.29, 0.717) is 5.92 Å². The second kappa shape index (κ2) is 8.77. The van der Waals surface area contributed by atoms with E-state index in [2.05, 4.69) is 0 Å². The maximum absolute atomic E-state index is 11.7. The Morgan fingerprint density at radius 3 is 1.95 bits per heavy atom. The van der Waals surface area contributed by atoms with E-state index in [4.69, 9.17) is 0 Å². The molecule has 5 nitrogen and oxygen atoms in total. The average molecular weight is 271 g/mol. The van der Waals surface area contributed by atoms with Gasteiger partial charge >= 0.3 is 6.03 Å². The fourth-order valence-electron chi connectivity index (χ4n) is 2.11. The SMILES string of the molecule is CC.CC(=O)N(C)CC1CCN(C(=O)N(C)C)CC1. The van der Waals surface area contributed by atoms with Gasteiger partial charge in [-0.15, -0.1) is 0 Å². The predicted molar refractivity (Wildman–Crippen MR) is 78.0 cm³/mol. The van der Waals surface area contributed by atoms with Gasteiger partial charge in [-0.1, -0.05) is 13.8 Å². The second-order valence-corrected chi connectivity index (χ2v) is 5.01. The van der Waals surface area contributed by atoms with Crippen molar-refractivity contribution in [1.29, 1.82) is 0 Å². The molecule has 1 saturated heterocycles. The van der Waals surface area contributed by atoms with Gasteiger partial charge in [-0.3, -0.25) is 4.79 Å². The normalized spacial score (nSPS) is 15.4. The van der Waals surface area contributed by atoms with Gasteiger partial charge in [0.1, 0.15) is 0 Å². The van der Waals surface area contributed by atoms with Crippen molar-refractivity contribution in [3.63, 3.8) is 0 Å². The molecule has 0 radical (unpaired) electrons. The lowest BCUT2D eigenvalue weighted by atomic mass is 9.96. The van der Waals surface area contributed by atoms with E-state index in [9.17, 15) is 9.59 Å². The summed E-state index contributed by atoms with van der Waals surface area (Å²) >= 11 is 0. The largest absolute Gasteiger partial charge is 0.346 e. The molecule has 0 aromatic carbocycles. The van der Waals surface area contributed by atoms with Gasteiger partial charge < -0.3 is 14.7 Å². The maximum Gasteiger partial charge on any atom is 0.319 e. The van der Waals surface area contributed by atoms with E-state index in [-0.39, 0.29) is 11.9 Å². The van der Waals surface area contributed by atoms with Gasteiger partial charge in [-0.25, -0.2) is 4.79 Å². The summed E-state index contributed by atoms with van der Waals surface area (Å²) in [5.74, 6) is 0.631. The van der Waals surface area contributed by atoms with Crippen LogP contribution in [0.4, 0.5) is 4.79 Å². The molecule has 1 fully saturated rings. The molecule has 0 spiro atoms. The molecule has 0 atom stereocenters. The van der Waals surface area contributed by atoms with Gasteiger partial charge in [0.2, 0.25) is 5.91 Å². The van der Waals surface area contributed by atoms with E-state index in [1.807, 2.05) is 25.8 Å². The third kappa shape index (κ3) is 5.94. The molecule has 1 rings (SSSR count). The van der Waals surface area contributed by atoms with Crippen molar-refractivity contribution in [2.45, 2.75) is 33.6 Å². The van der Waals surface area contributed by atoms with Crippen LogP contribution in [0.2, 0.25) is 0 Å². The molecule has 0 bridgehead atoms. The van der Waals surface area contributed by atoms with Crippen molar-refractivity contribution >= 4 is 11.9 Å². The maximum atomic E-state index is 11.7. The number of carbonyl (C=O) groups excluding carboxylic acids is 2. The van der Waals surface area contributed by atoms with E-state index in [1.54, 1.807) is 30.8 Å². The van der Waals surface area contributed by atoms with Crippen LogP contribution in [-0.4, -0.2) is 67.4 Å². The van der Waals surface area contributed by atoms with Crippen LogP contribution in [0.1, 0.15) is 33.6 Å². The Morgan fingerprint density at radius 2 is 1.58 bits per heavy atom. The first-order valence-electron chi connectivity index (χ1n) is 7.09. The minimum atomic E-state index is 0.0865. The summed E-state index contributed by atoms with van der Waals surface area (Å²) in [5, 5.41) is 0. The summed E-state index contributed by atoms with van der Waals surface area (Å²) in [6.07, 6.45) is 1.97. The summed E-state index contributed by atoms with van der Waals surface area (Å²) in [6, 6.07) is 0.0865. The van der Waals surface area contributed by atoms with E-state index in [0.717, 1.165) is 32.5 Å². The molecule has 5 heteroatoms. The smallest absolute Gasteiger partial charge is 0.319 e. The first kappa shape index (κ1) is 17.7. The van der Waals surface area contributed by atoms with Crippen LogP contribution in [0, 0.1) is 5.92 Å². The summed E-state index contributed by atoms with van der Waals surface area (Å²) in [7, 11) is 5.38. The number of piperidine rings is 1. The summed E-state index contributed by atoms with van der Waals surface area (Å²) in [4.78, 5) is 28.1. The number of likely N-dealkylation sites (tertiary alicyclic amines) is 1. The number of rotatable bonds is 2. The molecule has 0 saturated carbocycles. The molecular weight excluding hydrogens is 242 g/mol. The Balaban J connectivity index is 0.00000154. The highest BCUT2D eigenvalue weighted by Crippen LogP contribution is 2.18. The van der Waals surface area contributed by atoms with Crippen molar-refractivity contribution in [3.05, 3.63) is 0 Å². The molecular formula is C14H29N3O2. The molecule has 1 aliphatic heterocycles. The van der Waals surface area contributed by atoms with Crippen molar-refractivity contribution < 1.29 is 9.59 Å². The fourth-order valence-corrected chi connectivity index (χ4v) is 2.11. The van der Waals surface area contributed by atoms with Crippen molar-refractivity contribution in [1.82, 2.24) is 14.7 Å². The third-order valence-corrected chi connectivity index (χ3v) is 3.34. The van der Waals surface area contributed by atoms with Crippen LogP contribution in [0.15, 0.2) is 0 Å². The minimum absolute atomic E-state index is 0.0865. The topological polar surface area (TPSA) is 43.9 Å². The van der Waals surface area contributed by atoms with Crippen LogP contribution in [0.3, 0.4) is 0 Å². The van der Waals surface area contributed by atoms with Gasteiger partial charge in [-0.05, 0) is 18.8 Å². The van der Waals surface area contributed by atoms with Gasteiger partial charge in [0, 0.05) is 47.7 Å². The highest BCUT2D eigenvalue weighted by atomic mass is 16.2. The van der Waals surface area contributed by atoms with Gasteiger partial charge in [0.25, 0.3) is 0 Å². The number of nitrogens with zero attached hydrogens (tertiary/aromatic N) is 3. The van der Waals surface area contributed by atoms with E-state index in [1.165, 1.54) is 0 Å².